The van der Waals surface area contributed by atoms with Gasteiger partial charge in [-0.3, -0.25) is 9.59 Å². The quantitative estimate of drug-likeness (QED) is 0.360. The number of halogens is 1. The number of benzene rings is 2. The molecule has 3 aromatic rings. The minimum atomic E-state index is -0.593. The standard InChI is InChI=1S/C21H15BrN2O4S3/c1-28-13-8-9(2-7-12(13)25)14-15-17(30-18-16(14)31-21(29)23-18)20(27)24(19(15)26)11-5-3-10(22)4-6-11/h2-8,14-15,17,25H,1H3,(H,23,29)/t14-,15+,17+/m0/s1. The number of phenols is 1. The maximum atomic E-state index is 13.6. The number of carbonyl (C=O) groups excluding carboxylic acids is 2. The van der Waals surface area contributed by atoms with Gasteiger partial charge < -0.3 is 14.8 Å². The van der Waals surface area contributed by atoms with Crippen LogP contribution in [-0.4, -0.2) is 34.3 Å². The van der Waals surface area contributed by atoms with E-state index in [9.17, 15) is 14.7 Å². The Morgan fingerprint density at radius 3 is 2.61 bits per heavy atom. The molecule has 2 amide bonds. The number of thiazole rings is 1. The minimum Gasteiger partial charge on any atom is -0.504 e. The van der Waals surface area contributed by atoms with Crippen molar-refractivity contribution in [3.8, 4) is 11.5 Å². The van der Waals surface area contributed by atoms with Gasteiger partial charge in [-0.25, -0.2) is 4.90 Å². The number of aromatic hydroxyl groups is 1. The highest BCUT2D eigenvalue weighted by Crippen LogP contribution is 2.54. The molecule has 2 aromatic carbocycles. The Morgan fingerprint density at radius 2 is 1.90 bits per heavy atom. The Kier molecular flexibility index (Phi) is 5.20. The number of H-pyrrole nitrogens is 1. The lowest BCUT2D eigenvalue weighted by Crippen LogP contribution is -2.32. The van der Waals surface area contributed by atoms with Gasteiger partial charge in [-0.05, 0) is 54.2 Å². The van der Waals surface area contributed by atoms with Gasteiger partial charge in [0.15, 0.2) is 15.5 Å². The summed E-state index contributed by atoms with van der Waals surface area (Å²) < 4.78 is 6.75. The van der Waals surface area contributed by atoms with Crippen molar-refractivity contribution in [1.29, 1.82) is 0 Å². The number of amides is 2. The van der Waals surface area contributed by atoms with E-state index in [0.29, 0.717) is 15.4 Å². The number of carbonyl (C=O) groups is 2. The normalized spacial score (nSPS) is 22.4. The predicted octanol–water partition coefficient (Wildman–Crippen LogP) is 5.08. The molecule has 2 N–H and O–H groups in total. The summed E-state index contributed by atoms with van der Waals surface area (Å²) in [5, 5.41) is 10.3. The number of nitrogens with zero attached hydrogens (tertiary/aromatic N) is 1. The zero-order valence-electron chi connectivity index (χ0n) is 16.0. The van der Waals surface area contributed by atoms with E-state index in [4.69, 9.17) is 17.0 Å². The summed E-state index contributed by atoms with van der Waals surface area (Å²) in [6.45, 7) is 0. The lowest BCUT2D eigenvalue weighted by atomic mass is 9.83. The van der Waals surface area contributed by atoms with Crippen LogP contribution in [0, 0.1) is 9.87 Å². The van der Waals surface area contributed by atoms with Gasteiger partial charge in [0, 0.05) is 15.3 Å². The van der Waals surface area contributed by atoms with E-state index in [1.807, 2.05) is 0 Å². The lowest BCUT2D eigenvalue weighted by molar-refractivity contribution is -0.122. The summed E-state index contributed by atoms with van der Waals surface area (Å²) >= 11 is 11.5. The van der Waals surface area contributed by atoms with Crippen LogP contribution in [0.1, 0.15) is 16.4 Å². The number of methoxy groups -OCH3 is 1. The molecule has 2 aliphatic rings. The monoisotopic (exact) mass is 534 g/mol. The first-order valence-corrected chi connectivity index (χ1v) is 12.2. The summed E-state index contributed by atoms with van der Waals surface area (Å²) in [5.74, 6) is -1.13. The smallest absolute Gasteiger partial charge is 0.248 e. The molecule has 1 saturated heterocycles. The average Bonchev–Trinajstić information content (AvgIpc) is 3.24. The number of fused-ring (bicyclic) bond motifs is 2. The van der Waals surface area contributed by atoms with E-state index < -0.39 is 11.2 Å². The summed E-state index contributed by atoms with van der Waals surface area (Å²) in [5.41, 5.74) is 1.33. The van der Waals surface area contributed by atoms with E-state index in [1.54, 1.807) is 42.5 Å². The SMILES string of the molecule is COc1cc([C@@H]2c3sc(=S)[nH]c3S[C@H]3C(=O)N(c4ccc(Br)cc4)C(=O)[C@H]23)ccc1O. The largest absolute Gasteiger partial charge is 0.504 e. The van der Waals surface area contributed by atoms with E-state index in [-0.39, 0.29) is 23.5 Å². The number of hydrogen-bond donors (Lipinski definition) is 2. The third kappa shape index (κ3) is 3.32. The van der Waals surface area contributed by atoms with Gasteiger partial charge in [-0.1, -0.05) is 33.8 Å². The molecule has 5 rings (SSSR count). The van der Waals surface area contributed by atoms with Gasteiger partial charge in [-0.15, -0.1) is 11.3 Å². The molecule has 3 heterocycles. The highest BCUT2D eigenvalue weighted by atomic mass is 79.9. The molecule has 1 aromatic heterocycles. The molecule has 6 nitrogen and oxygen atoms in total. The van der Waals surface area contributed by atoms with E-state index in [1.165, 1.54) is 35.1 Å². The average molecular weight is 535 g/mol. The van der Waals surface area contributed by atoms with Gasteiger partial charge >= 0.3 is 0 Å². The van der Waals surface area contributed by atoms with E-state index in [2.05, 4.69) is 20.9 Å². The van der Waals surface area contributed by atoms with Crippen molar-refractivity contribution in [1.82, 2.24) is 4.98 Å². The third-order valence-corrected chi connectivity index (χ3v) is 8.75. The highest BCUT2D eigenvalue weighted by Gasteiger charge is 2.56. The zero-order valence-corrected chi connectivity index (χ0v) is 20.0. The second-order valence-corrected chi connectivity index (χ2v) is 11.0. The molecule has 0 spiro atoms. The number of hydrogen-bond acceptors (Lipinski definition) is 7. The topological polar surface area (TPSA) is 82.6 Å². The van der Waals surface area contributed by atoms with Crippen LogP contribution in [0.15, 0.2) is 52.0 Å². The van der Waals surface area contributed by atoms with Crippen LogP contribution in [0.5, 0.6) is 11.5 Å². The molecule has 158 valence electrons. The molecular weight excluding hydrogens is 520 g/mol. The third-order valence-electron chi connectivity index (χ3n) is 5.47. The molecule has 0 unspecified atom stereocenters. The van der Waals surface area contributed by atoms with Crippen LogP contribution in [0.25, 0.3) is 0 Å². The van der Waals surface area contributed by atoms with Crippen LogP contribution >= 0.6 is 51.2 Å². The number of anilines is 1. The van der Waals surface area contributed by atoms with Crippen LogP contribution in [-0.2, 0) is 9.59 Å². The Labute approximate surface area is 199 Å². The predicted molar refractivity (Wildman–Crippen MR) is 126 cm³/mol. The first kappa shape index (κ1) is 20.7. The second-order valence-electron chi connectivity index (χ2n) is 7.17. The molecule has 3 atom stereocenters. The number of ether oxygens (including phenoxy) is 1. The van der Waals surface area contributed by atoms with Gasteiger partial charge in [0.05, 0.1) is 23.7 Å². The molecule has 0 saturated carbocycles. The van der Waals surface area contributed by atoms with Gasteiger partial charge in [0.25, 0.3) is 0 Å². The Bertz CT molecular complexity index is 1270. The van der Waals surface area contributed by atoms with E-state index >= 15 is 0 Å². The van der Waals surface area contributed by atoms with Crippen LogP contribution < -0.4 is 9.64 Å². The summed E-state index contributed by atoms with van der Waals surface area (Å²) in [4.78, 5) is 32.4. The number of thioether (sulfide) groups is 1. The minimum absolute atomic E-state index is 0.0141. The van der Waals surface area contributed by atoms with Crippen LogP contribution in [0.4, 0.5) is 5.69 Å². The fraction of sp³-hybridized carbons (Fsp3) is 0.190. The highest BCUT2D eigenvalue weighted by molar-refractivity contribution is 9.10. The number of rotatable bonds is 3. The Morgan fingerprint density at radius 1 is 1.16 bits per heavy atom. The van der Waals surface area contributed by atoms with Crippen molar-refractivity contribution >= 4 is 68.7 Å². The molecule has 10 heteroatoms. The van der Waals surface area contributed by atoms with Crippen molar-refractivity contribution in [3.63, 3.8) is 0 Å². The number of aromatic nitrogens is 1. The summed E-state index contributed by atoms with van der Waals surface area (Å²) in [7, 11) is 1.48. The fourth-order valence-corrected chi connectivity index (χ4v) is 7.33. The molecule has 31 heavy (non-hydrogen) atoms. The Hall–Kier alpha value is -2.14. The second kappa shape index (κ2) is 7.77. The van der Waals surface area contributed by atoms with Gasteiger partial charge in [0.2, 0.25) is 11.8 Å². The van der Waals surface area contributed by atoms with Gasteiger partial charge in [-0.2, -0.15) is 0 Å². The number of phenolic OH excluding ortho intramolecular Hbond substituents is 1. The van der Waals surface area contributed by atoms with E-state index in [0.717, 1.165) is 19.9 Å². The van der Waals surface area contributed by atoms with Crippen LogP contribution in [0.2, 0.25) is 0 Å². The molecule has 1 fully saturated rings. The van der Waals surface area contributed by atoms with Crippen molar-refractivity contribution in [2.24, 2.45) is 5.92 Å². The molecule has 2 aliphatic heterocycles. The Balaban J connectivity index is 1.66. The maximum absolute atomic E-state index is 13.6. The number of aromatic amines is 1. The first-order chi connectivity index (χ1) is 14.9. The lowest BCUT2D eigenvalue weighted by Gasteiger charge is -2.30. The first-order valence-electron chi connectivity index (χ1n) is 9.29. The summed E-state index contributed by atoms with van der Waals surface area (Å²) in [6.07, 6.45) is 0. The fourth-order valence-electron chi connectivity index (χ4n) is 4.11. The molecule has 0 bridgehead atoms. The maximum Gasteiger partial charge on any atom is 0.248 e. The zero-order chi connectivity index (χ0) is 21.9. The molecule has 0 radical (unpaired) electrons. The summed E-state index contributed by atoms with van der Waals surface area (Å²) in [6, 6.07) is 12.2. The molecule has 0 aliphatic carbocycles. The van der Waals surface area contributed by atoms with Crippen molar-refractivity contribution in [2.75, 3.05) is 12.0 Å². The van der Waals surface area contributed by atoms with Crippen molar-refractivity contribution in [3.05, 3.63) is 61.3 Å². The molecular formula is C21H15BrN2O4S3. The van der Waals surface area contributed by atoms with Crippen molar-refractivity contribution in [2.45, 2.75) is 16.2 Å². The van der Waals surface area contributed by atoms with Gasteiger partial charge in [0.1, 0.15) is 5.25 Å². The van der Waals surface area contributed by atoms with Crippen LogP contribution in [0.3, 0.4) is 0 Å². The van der Waals surface area contributed by atoms with Crippen molar-refractivity contribution < 1.29 is 19.4 Å². The number of nitrogens with one attached hydrogen (secondary N) is 1. The number of imide groups is 1.